The molecule has 1 fully saturated rings. The van der Waals surface area contributed by atoms with Crippen LogP contribution in [0.1, 0.15) is 58.8 Å². The van der Waals surface area contributed by atoms with Crippen molar-refractivity contribution in [1.82, 2.24) is 9.97 Å². The summed E-state index contributed by atoms with van der Waals surface area (Å²) < 4.78 is 0. The Labute approximate surface area is 128 Å². The van der Waals surface area contributed by atoms with Crippen molar-refractivity contribution in [3.63, 3.8) is 0 Å². The zero-order valence-corrected chi connectivity index (χ0v) is 14.2. The number of nitrogen functional groups attached to an aromatic ring is 1. The second-order valence-corrected chi connectivity index (χ2v) is 7.52. The summed E-state index contributed by atoms with van der Waals surface area (Å²) in [5, 5.41) is 0. The number of hydrogen-bond acceptors (Lipinski definition) is 5. The van der Waals surface area contributed by atoms with Crippen molar-refractivity contribution < 1.29 is 0 Å². The molecule has 0 unspecified atom stereocenters. The van der Waals surface area contributed by atoms with Gasteiger partial charge in [-0.05, 0) is 25.7 Å². The molecule has 0 bridgehead atoms. The molecule has 1 aromatic rings. The summed E-state index contributed by atoms with van der Waals surface area (Å²) in [7, 11) is 0. The van der Waals surface area contributed by atoms with Gasteiger partial charge in [0.15, 0.2) is 0 Å². The van der Waals surface area contributed by atoms with Gasteiger partial charge in [0.25, 0.3) is 0 Å². The van der Waals surface area contributed by atoms with Crippen molar-refractivity contribution in [1.29, 1.82) is 0 Å². The molecule has 2 rings (SSSR count). The van der Waals surface area contributed by atoms with Gasteiger partial charge in [-0.3, -0.25) is 0 Å². The summed E-state index contributed by atoms with van der Waals surface area (Å²) in [6.07, 6.45) is 2.51. The molecule has 1 aliphatic carbocycles. The number of rotatable bonds is 5. The SMILES string of the molecule is Cc1c(NN)nc(C(C)(C)C)nc1N(CC(C)C)C1CC1. The van der Waals surface area contributed by atoms with Crippen LogP contribution in [-0.4, -0.2) is 22.6 Å². The molecule has 21 heavy (non-hydrogen) atoms. The number of hydrogen-bond donors (Lipinski definition) is 2. The molecule has 5 heteroatoms. The summed E-state index contributed by atoms with van der Waals surface area (Å²) in [5.74, 6) is 8.88. The lowest BCUT2D eigenvalue weighted by molar-refractivity contribution is 0.539. The van der Waals surface area contributed by atoms with Crippen molar-refractivity contribution in [3.05, 3.63) is 11.4 Å². The zero-order valence-electron chi connectivity index (χ0n) is 14.2. The molecule has 1 heterocycles. The van der Waals surface area contributed by atoms with Gasteiger partial charge in [-0.25, -0.2) is 15.8 Å². The average molecular weight is 291 g/mol. The molecule has 1 saturated carbocycles. The van der Waals surface area contributed by atoms with Crippen molar-refractivity contribution in [2.24, 2.45) is 11.8 Å². The lowest BCUT2D eigenvalue weighted by Crippen LogP contribution is -2.33. The standard InChI is InChI=1S/C16H29N5/c1-10(2)9-21(12-7-8-12)14-11(3)13(20-17)18-15(19-14)16(4,5)6/h10,12H,7-9,17H2,1-6H3,(H,18,19,20). The first kappa shape index (κ1) is 16.0. The van der Waals surface area contributed by atoms with Crippen LogP contribution in [0.2, 0.25) is 0 Å². The molecule has 118 valence electrons. The predicted octanol–water partition coefficient (Wildman–Crippen LogP) is 2.99. The highest BCUT2D eigenvalue weighted by Crippen LogP contribution is 2.35. The van der Waals surface area contributed by atoms with Crippen molar-refractivity contribution in [3.8, 4) is 0 Å². The van der Waals surface area contributed by atoms with Gasteiger partial charge >= 0.3 is 0 Å². The van der Waals surface area contributed by atoms with Crippen LogP contribution in [0.15, 0.2) is 0 Å². The Morgan fingerprint density at radius 3 is 2.33 bits per heavy atom. The zero-order chi connectivity index (χ0) is 15.8. The molecule has 0 atom stereocenters. The molecule has 0 aliphatic heterocycles. The van der Waals surface area contributed by atoms with E-state index in [1.165, 1.54) is 12.8 Å². The second kappa shape index (κ2) is 5.79. The van der Waals surface area contributed by atoms with Gasteiger partial charge in [0.05, 0.1) is 0 Å². The number of aromatic nitrogens is 2. The third-order valence-corrected chi connectivity index (χ3v) is 3.75. The van der Waals surface area contributed by atoms with E-state index < -0.39 is 0 Å². The van der Waals surface area contributed by atoms with Crippen LogP contribution in [0, 0.1) is 12.8 Å². The Morgan fingerprint density at radius 2 is 1.90 bits per heavy atom. The lowest BCUT2D eigenvalue weighted by Gasteiger charge is -2.29. The quantitative estimate of drug-likeness (QED) is 0.645. The van der Waals surface area contributed by atoms with Gasteiger partial charge in [-0.15, -0.1) is 0 Å². The Hall–Kier alpha value is -1.36. The van der Waals surface area contributed by atoms with Crippen LogP contribution in [0.25, 0.3) is 0 Å². The smallest absolute Gasteiger partial charge is 0.148 e. The Morgan fingerprint density at radius 1 is 1.29 bits per heavy atom. The first-order chi connectivity index (χ1) is 9.74. The summed E-state index contributed by atoms with van der Waals surface area (Å²) in [4.78, 5) is 11.9. The largest absolute Gasteiger partial charge is 0.353 e. The molecule has 3 N–H and O–H groups in total. The molecular formula is C16H29N5. The van der Waals surface area contributed by atoms with Crippen molar-refractivity contribution in [2.45, 2.75) is 65.8 Å². The molecule has 0 spiro atoms. The van der Waals surface area contributed by atoms with E-state index in [0.717, 1.165) is 29.6 Å². The van der Waals surface area contributed by atoms with E-state index in [-0.39, 0.29) is 5.41 Å². The normalized spacial score (nSPS) is 15.4. The predicted molar refractivity (Wildman–Crippen MR) is 88.5 cm³/mol. The monoisotopic (exact) mass is 291 g/mol. The van der Waals surface area contributed by atoms with Crippen LogP contribution in [0.5, 0.6) is 0 Å². The van der Waals surface area contributed by atoms with Crippen LogP contribution in [0.3, 0.4) is 0 Å². The molecule has 0 amide bonds. The van der Waals surface area contributed by atoms with Crippen LogP contribution in [-0.2, 0) is 5.41 Å². The highest BCUT2D eigenvalue weighted by molar-refractivity contribution is 5.59. The van der Waals surface area contributed by atoms with E-state index in [2.05, 4.69) is 49.9 Å². The van der Waals surface area contributed by atoms with Crippen molar-refractivity contribution >= 4 is 11.6 Å². The maximum Gasteiger partial charge on any atom is 0.148 e. The van der Waals surface area contributed by atoms with Gasteiger partial charge in [0, 0.05) is 23.6 Å². The summed E-state index contributed by atoms with van der Waals surface area (Å²) in [6.45, 7) is 14.0. The van der Waals surface area contributed by atoms with Crippen LogP contribution < -0.4 is 16.2 Å². The van der Waals surface area contributed by atoms with E-state index >= 15 is 0 Å². The van der Waals surface area contributed by atoms with E-state index in [4.69, 9.17) is 10.8 Å². The number of anilines is 2. The number of nitrogens with zero attached hydrogens (tertiary/aromatic N) is 3. The molecule has 1 aromatic heterocycles. The number of nitrogens with two attached hydrogens (primary N) is 1. The average Bonchev–Trinajstić information content (AvgIpc) is 3.19. The molecular weight excluding hydrogens is 262 g/mol. The van der Waals surface area contributed by atoms with Crippen molar-refractivity contribution in [2.75, 3.05) is 16.9 Å². The molecule has 5 nitrogen and oxygen atoms in total. The minimum Gasteiger partial charge on any atom is -0.353 e. The topological polar surface area (TPSA) is 67.1 Å². The fourth-order valence-corrected chi connectivity index (χ4v) is 2.45. The molecule has 0 saturated heterocycles. The number of nitrogens with one attached hydrogen (secondary N) is 1. The third kappa shape index (κ3) is 3.64. The Balaban J connectivity index is 2.49. The fourth-order valence-electron chi connectivity index (χ4n) is 2.45. The summed E-state index contributed by atoms with van der Waals surface area (Å²) in [5.41, 5.74) is 3.68. The maximum atomic E-state index is 5.67. The van der Waals surface area contributed by atoms with Gasteiger partial charge in [-0.2, -0.15) is 0 Å². The van der Waals surface area contributed by atoms with Crippen LogP contribution in [0.4, 0.5) is 11.6 Å². The molecule has 0 aromatic carbocycles. The van der Waals surface area contributed by atoms with Gasteiger partial charge in [0.2, 0.25) is 0 Å². The maximum absolute atomic E-state index is 5.67. The Kier molecular flexibility index (Phi) is 4.42. The number of hydrazine groups is 1. The van der Waals surface area contributed by atoms with E-state index in [1.807, 2.05) is 6.92 Å². The third-order valence-electron chi connectivity index (χ3n) is 3.75. The van der Waals surface area contributed by atoms with Gasteiger partial charge < -0.3 is 10.3 Å². The van der Waals surface area contributed by atoms with Crippen LogP contribution >= 0.6 is 0 Å². The highest BCUT2D eigenvalue weighted by Gasteiger charge is 2.33. The fraction of sp³-hybridized carbons (Fsp3) is 0.750. The minimum absolute atomic E-state index is 0.0961. The highest BCUT2D eigenvalue weighted by atomic mass is 15.3. The molecule has 1 aliphatic rings. The minimum atomic E-state index is -0.0961. The summed E-state index contributed by atoms with van der Waals surface area (Å²) in [6, 6.07) is 0.624. The van der Waals surface area contributed by atoms with E-state index in [9.17, 15) is 0 Å². The first-order valence-corrected chi connectivity index (χ1v) is 7.86. The summed E-state index contributed by atoms with van der Waals surface area (Å²) >= 11 is 0. The Bertz CT molecular complexity index is 500. The van der Waals surface area contributed by atoms with Gasteiger partial charge in [0.1, 0.15) is 17.5 Å². The lowest BCUT2D eigenvalue weighted by atomic mass is 9.95. The van der Waals surface area contributed by atoms with E-state index in [1.54, 1.807) is 0 Å². The first-order valence-electron chi connectivity index (χ1n) is 7.86. The van der Waals surface area contributed by atoms with Gasteiger partial charge in [-0.1, -0.05) is 34.6 Å². The second-order valence-electron chi connectivity index (χ2n) is 7.52. The van der Waals surface area contributed by atoms with E-state index in [0.29, 0.717) is 12.0 Å². The molecule has 0 radical (unpaired) electrons.